The molecule has 178 valence electrons. The number of anilines is 1. The molecule has 6 nitrogen and oxygen atoms in total. The number of hydrogen-bond donors (Lipinski definition) is 3. The molecule has 0 aliphatic heterocycles. The van der Waals surface area contributed by atoms with E-state index in [1.807, 2.05) is 66.7 Å². The Morgan fingerprint density at radius 3 is 2.26 bits per heavy atom. The fourth-order valence-electron chi connectivity index (χ4n) is 3.75. The van der Waals surface area contributed by atoms with Crippen molar-refractivity contribution < 1.29 is 19.6 Å². The van der Waals surface area contributed by atoms with E-state index in [9.17, 15) is 14.4 Å². The summed E-state index contributed by atoms with van der Waals surface area (Å²) >= 11 is 0.0521. The topological polar surface area (TPSA) is 95.5 Å². The first-order valence-corrected chi connectivity index (χ1v) is 14.3. The first kappa shape index (κ1) is 24.9. The predicted octanol–water partition coefficient (Wildman–Crippen LogP) is 4.59. The zero-order valence-electron chi connectivity index (χ0n) is 18.9. The van der Waals surface area contributed by atoms with Crippen molar-refractivity contribution in [2.45, 2.75) is 24.0 Å². The molecule has 4 rings (SSSR count). The van der Waals surface area contributed by atoms with Gasteiger partial charge in [0.05, 0.1) is 0 Å². The molecule has 3 aromatic carbocycles. The number of fused-ring (bicyclic) bond motifs is 1. The van der Waals surface area contributed by atoms with Crippen LogP contribution in [-0.4, -0.2) is 37.3 Å². The van der Waals surface area contributed by atoms with Crippen LogP contribution in [0.2, 0.25) is 4.71 Å². The van der Waals surface area contributed by atoms with Gasteiger partial charge in [-0.3, -0.25) is 0 Å². The molecule has 0 bridgehead atoms. The van der Waals surface area contributed by atoms with Gasteiger partial charge in [0.1, 0.15) is 0 Å². The molecular weight excluding hydrogens is 523 g/mol. The molecule has 0 radical (unpaired) electrons. The Morgan fingerprint density at radius 2 is 1.57 bits per heavy atom. The molecule has 1 aromatic heterocycles. The number of benzene rings is 3. The zero-order valence-corrected chi connectivity index (χ0v) is 21.8. The number of thiophene rings is 1. The van der Waals surface area contributed by atoms with Crippen LogP contribution in [0, 0.1) is 0 Å². The van der Waals surface area contributed by atoms with Crippen LogP contribution in [-0.2, 0) is 22.4 Å². The Balaban J connectivity index is 1.47. The van der Waals surface area contributed by atoms with Crippen LogP contribution < -0.4 is 10.8 Å². The van der Waals surface area contributed by atoms with Crippen LogP contribution >= 0.6 is 11.3 Å². The number of carbonyl (C=O) groups is 3. The second kappa shape index (κ2) is 11.9. The fourth-order valence-corrected chi connectivity index (χ4v) is 7.19. The van der Waals surface area contributed by atoms with Crippen molar-refractivity contribution in [3.05, 3.63) is 101 Å². The van der Waals surface area contributed by atoms with Gasteiger partial charge in [-0.15, -0.1) is 0 Å². The number of rotatable bonds is 10. The first-order chi connectivity index (χ1) is 17.0. The molecule has 1 heterocycles. The van der Waals surface area contributed by atoms with E-state index in [2.05, 4.69) is 5.32 Å². The van der Waals surface area contributed by atoms with Gasteiger partial charge in [-0.25, -0.2) is 0 Å². The standard InChI is InChI=1S/C27H25AsN2O4S/c31-25(14-11-18-7-3-1-4-8-18)28-22(15-19-9-5-2-6-10-19)26(32)29-21-12-13-23-20(16-21)17-24(35-23)27(33)30-34/h1-10,12-13,16-17,22,28,34H,11,14-15H2,(H,29,32)(H,30,33). The van der Waals surface area contributed by atoms with Crippen LogP contribution in [0.5, 0.6) is 0 Å². The molecule has 0 saturated carbocycles. The van der Waals surface area contributed by atoms with Crippen LogP contribution in [0.1, 0.15) is 27.2 Å². The number of hydroxylamine groups is 1. The van der Waals surface area contributed by atoms with Crippen molar-refractivity contribution >= 4 is 59.2 Å². The first-order valence-electron chi connectivity index (χ1n) is 11.2. The van der Waals surface area contributed by atoms with Gasteiger partial charge in [0.2, 0.25) is 0 Å². The summed E-state index contributed by atoms with van der Waals surface area (Å²) in [5, 5.41) is 12.6. The molecule has 0 aliphatic carbocycles. The summed E-state index contributed by atoms with van der Waals surface area (Å²) in [5.41, 5.74) is 4.40. The third-order valence-corrected chi connectivity index (χ3v) is 9.55. The fraction of sp³-hybridized carbons (Fsp3) is 0.148. The number of carbonyl (C=O) groups excluding carboxylic acids is 3. The van der Waals surface area contributed by atoms with Crippen LogP contribution in [0.3, 0.4) is 0 Å². The molecule has 2 unspecified atom stereocenters. The third-order valence-electron chi connectivity index (χ3n) is 5.53. The SMILES string of the molecule is O=C(CCc1ccccc1)[AsH]C(Cc1ccccc1)C(=O)Nc1ccc2sc(C(=O)NO)cc2c1. The van der Waals surface area contributed by atoms with E-state index in [4.69, 9.17) is 5.21 Å². The Hall–Kier alpha value is -3.25. The summed E-state index contributed by atoms with van der Waals surface area (Å²) in [4.78, 5) is 38.2. The Morgan fingerprint density at radius 1 is 0.886 bits per heavy atom. The van der Waals surface area contributed by atoms with E-state index >= 15 is 0 Å². The van der Waals surface area contributed by atoms with Gasteiger partial charge in [0.15, 0.2) is 0 Å². The van der Waals surface area contributed by atoms with Crippen molar-refractivity contribution in [2.75, 3.05) is 5.32 Å². The van der Waals surface area contributed by atoms with Gasteiger partial charge in [-0.1, -0.05) is 0 Å². The molecule has 2 amide bonds. The molecule has 4 aromatic rings. The number of hydrogen-bond acceptors (Lipinski definition) is 5. The minimum absolute atomic E-state index is 0.162. The maximum atomic E-state index is 13.3. The van der Waals surface area contributed by atoms with Gasteiger partial charge in [0, 0.05) is 0 Å². The summed E-state index contributed by atoms with van der Waals surface area (Å²) in [6.07, 6.45) is 1.64. The molecule has 0 aliphatic rings. The summed E-state index contributed by atoms with van der Waals surface area (Å²) in [5.74, 6) is -0.732. The normalized spacial score (nSPS) is 12.0. The molecule has 0 spiro atoms. The number of aryl methyl sites for hydroxylation is 1. The zero-order chi connectivity index (χ0) is 24.6. The van der Waals surface area contributed by atoms with Crippen molar-refractivity contribution in [2.24, 2.45) is 0 Å². The van der Waals surface area contributed by atoms with E-state index in [0.29, 0.717) is 29.8 Å². The van der Waals surface area contributed by atoms with Crippen molar-refractivity contribution in [1.29, 1.82) is 0 Å². The molecule has 0 fully saturated rings. The summed E-state index contributed by atoms with van der Waals surface area (Å²) < 4.78 is 0.666. The van der Waals surface area contributed by atoms with Gasteiger partial charge >= 0.3 is 215 Å². The Kier molecular flexibility index (Phi) is 8.48. The molecule has 2 atom stereocenters. The van der Waals surface area contributed by atoms with Crippen molar-refractivity contribution in [3.63, 3.8) is 0 Å². The van der Waals surface area contributed by atoms with E-state index in [-0.39, 0.29) is 15.2 Å². The van der Waals surface area contributed by atoms with Gasteiger partial charge in [-0.05, 0) is 0 Å². The van der Waals surface area contributed by atoms with E-state index in [1.165, 1.54) is 11.3 Å². The van der Waals surface area contributed by atoms with Gasteiger partial charge in [0.25, 0.3) is 0 Å². The molecule has 35 heavy (non-hydrogen) atoms. The summed E-state index contributed by atoms with van der Waals surface area (Å²) in [7, 11) is 0. The molecule has 8 heteroatoms. The molecule has 3 N–H and O–H groups in total. The van der Waals surface area contributed by atoms with E-state index in [1.54, 1.807) is 23.7 Å². The Labute approximate surface area is 214 Å². The van der Waals surface area contributed by atoms with Crippen molar-refractivity contribution in [3.8, 4) is 0 Å². The monoisotopic (exact) mass is 548 g/mol. The third kappa shape index (κ3) is 6.89. The predicted molar refractivity (Wildman–Crippen MR) is 141 cm³/mol. The van der Waals surface area contributed by atoms with Gasteiger partial charge in [-0.2, -0.15) is 0 Å². The van der Waals surface area contributed by atoms with Crippen LogP contribution in [0.4, 0.5) is 5.69 Å². The second-order valence-electron chi connectivity index (χ2n) is 8.09. The quantitative estimate of drug-likeness (QED) is 0.154. The molecule has 0 saturated heterocycles. The summed E-state index contributed by atoms with van der Waals surface area (Å²) in [6.45, 7) is 0. The number of nitrogens with one attached hydrogen (secondary N) is 2. The average Bonchev–Trinajstić information content (AvgIpc) is 3.31. The van der Waals surface area contributed by atoms with E-state index < -0.39 is 21.7 Å². The summed E-state index contributed by atoms with van der Waals surface area (Å²) in [6, 6.07) is 26.8. The molecular formula is C27H25AsN2O4S. The maximum absolute atomic E-state index is 13.3. The second-order valence-corrected chi connectivity index (χ2v) is 12.4. The van der Waals surface area contributed by atoms with Crippen molar-refractivity contribution in [1.82, 2.24) is 5.48 Å². The minimum atomic E-state index is -1.20. The van der Waals surface area contributed by atoms with E-state index in [0.717, 1.165) is 21.2 Å². The van der Waals surface area contributed by atoms with Gasteiger partial charge < -0.3 is 0 Å². The number of amides is 2. The van der Waals surface area contributed by atoms with Crippen LogP contribution in [0.15, 0.2) is 84.9 Å². The van der Waals surface area contributed by atoms with Crippen LogP contribution in [0.25, 0.3) is 10.1 Å². The Bertz CT molecular complexity index is 1330. The average molecular weight is 548 g/mol.